The summed E-state index contributed by atoms with van der Waals surface area (Å²) < 4.78 is 15.0. The molecule has 0 aliphatic rings. The Kier molecular flexibility index (Phi) is 3.26. The summed E-state index contributed by atoms with van der Waals surface area (Å²) in [4.78, 5) is 12.0. The molecule has 0 fully saturated rings. The van der Waals surface area contributed by atoms with Crippen molar-refractivity contribution in [2.24, 2.45) is 0 Å². The first-order valence-electron chi connectivity index (χ1n) is 5.65. The number of rotatable bonds is 3. The zero-order chi connectivity index (χ0) is 13.9. The maximum Gasteiger partial charge on any atom is 0.256 e. The number of nitrogens with one attached hydrogen (secondary N) is 1. The molecule has 3 aromatic rings. The highest BCUT2D eigenvalue weighted by Gasteiger charge is 2.09. The number of anilines is 2. The maximum atomic E-state index is 13.6. The lowest BCUT2D eigenvalue weighted by atomic mass is 10.3. The fraction of sp³-hybridized carbons (Fsp3) is 0. The van der Waals surface area contributed by atoms with Crippen molar-refractivity contribution in [3.05, 3.63) is 53.8 Å². The average Bonchev–Trinajstić information content (AvgIpc) is 2.95. The number of benzene rings is 1. The van der Waals surface area contributed by atoms with Crippen LogP contribution in [0.5, 0.6) is 0 Å². The Morgan fingerprint density at radius 2 is 1.95 bits per heavy atom. The Hall–Kier alpha value is -2.54. The van der Waals surface area contributed by atoms with E-state index in [2.05, 4.69) is 25.4 Å². The van der Waals surface area contributed by atoms with E-state index in [0.29, 0.717) is 0 Å². The van der Waals surface area contributed by atoms with E-state index in [1.807, 2.05) is 0 Å². The fourth-order valence-electron chi connectivity index (χ4n) is 1.57. The summed E-state index contributed by atoms with van der Waals surface area (Å²) in [6.45, 7) is 0. The van der Waals surface area contributed by atoms with E-state index in [1.54, 1.807) is 36.7 Å². The molecule has 3 rings (SSSR count). The molecule has 0 spiro atoms. The lowest BCUT2D eigenvalue weighted by Gasteiger charge is -2.07. The molecule has 0 bridgehead atoms. The van der Waals surface area contributed by atoms with Crippen LogP contribution < -0.4 is 5.32 Å². The third kappa shape index (κ3) is 2.57. The zero-order valence-corrected chi connectivity index (χ0v) is 10.8. The number of para-hydroxylation sites is 1. The molecule has 20 heavy (non-hydrogen) atoms. The van der Waals surface area contributed by atoms with Gasteiger partial charge in [0.15, 0.2) is 0 Å². The second-order valence-corrected chi connectivity index (χ2v) is 4.12. The van der Waals surface area contributed by atoms with Gasteiger partial charge in [0.1, 0.15) is 5.82 Å². The molecule has 8 heteroatoms. The highest BCUT2D eigenvalue weighted by atomic mass is 35.5. The van der Waals surface area contributed by atoms with E-state index < -0.39 is 5.82 Å². The van der Waals surface area contributed by atoms with Gasteiger partial charge in [0.25, 0.3) is 5.95 Å². The molecular formula is C12H8ClFN6. The van der Waals surface area contributed by atoms with Gasteiger partial charge in [0.2, 0.25) is 11.2 Å². The molecular weight excluding hydrogens is 283 g/mol. The van der Waals surface area contributed by atoms with Crippen LogP contribution in [0.25, 0.3) is 5.95 Å². The first-order valence-corrected chi connectivity index (χ1v) is 6.03. The second-order valence-electron chi connectivity index (χ2n) is 3.78. The van der Waals surface area contributed by atoms with Crippen molar-refractivity contribution in [2.75, 3.05) is 5.32 Å². The summed E-state index contributed by atoms with van der Waals surface area (Å²) in [5, 5.41) is 6.74. The molecule has 0 unspecified atom stereocenters. The number of aromatic nitrogens is 5. The summed E-state index contributed by atoms with van der Waals surface area (Å²) in [7, 11) is 0. The van der Waals surface area contributed by atoms with E-state index in [9.17, 15) is 4.39 Å². The van der Waals surface area contributed by atoms with Crippen molar-refractivity contribution in [1.82, 2.24) is 24.7 Å². The molecule has 0 aliphatic carbocycles. The largest absolute Gasteiger partial charge is 0.321 e. The number of nitrogens with zero attached hydrogens (tertiary/aromatic N) is 5. The van der Waals surface area contributed by atoms with Gasteiger partial charge in [-0.15, -0.1) is 0 Å². The molecule has 1 N–H and O–H groups in total. The van der Waals surface area contributed by atoms with E-state index in [1.165, 1.54) is 10.7 Å². The molecule has 0 radical (unpaired) electrons. The summed E-state index contributed by atoms with van der Waals surface area (Å²) in [5.41, 5.74) is 0.251. The van der Waals surface area contributed by atoms with E-state index in [-0.39, 0.29) is 22.9 Å². The molecule has 2 aromatic heterocycles. The van der Waals surface area contributed by atoms with Crippen LogP contribution in [0.3, 0.4) is 0 Å². The molecule has 0 atom stereocenters. The van der Waals surface area contributed by atoms with Crippen LogP contribution in [-0.4, -0.2) is 24.7 Å². The van der Waals surface area contributed by atoms with Gasteiger partial charge in [-0.05, 0) is 29.8 Å². The Morgan fingerprint density at radius 1 is 1.10 bits per heavy atom. The van der Waals surface area contributed by atoms with Crippen molar-refractivity contribution in [1.29, 1.82) is 0 Å². The van der Waals surface area contributed by atoms with Crippen LogP contribution in [0.2, 0.25) is 5.28 Å². The predicted octanol–water partition coefficient (Wildman–Crippen LogP) is 2.59. The number of halogens is 2. The van der Waals surface area contributed by atoms with Gasteiger partial charge in [-0.1, -0.05) is 12.1 Å². The van der Waals surface area contributed by atoms with E-state index >= 15 is 0 Å². The summed E-state index contributed by atoms with van der Waals surface area (Å²) in [6.07, 6.45) is 3.25. The SMILES string of the molecule is Fc1ccccc1Nc1nc(Cl)nc(-n2cccn2)n1. The predicted molar refractivity (Wildman–Crippen MR) is 71.6 cm³/mol. The molecule has 0 saturated carbocycles. The molecule has 100 valence electrons. The van der Waals surface area contributed by atoms with Gasteiger partial charge in [0, 0.05) is 12.4 Å². The Bertz CT molecular complexity index is 731. The monoisotopic (exact) mass is 290 g/mol. The third-order valence-electron chi connectivity index (χ3n) is 2.43. The fourth-order valence-corrected chi connectivity index (χ4v) is 1.72. The molecule has 0 amide bonds. The van der Waals surface area contributed by atoms with Crippen LogP contribution in [0.15, 0.2) is 42.7 Å². The van der Waals surface area contributed by atoms with Crippen molar-refractivity contribution < 1.29 is 4.39 Å². The minimum atomic E-state index is -0.412. The van der Waals surface area contributed by atoms with Crippen molar-refractivity contribution in [3.8, 4) is 5.95 Å². The van der Waals surface area contributed by atoms with Crippen LogP contribution in [0.4, 0.5) is 16.0 Å². The van der Waals surface area contributed by atoms with Gasteiger partial charge in [-0.2, -0.15) is 20.1 Å². The topological polar surface area (TPSA) is 68.5 Å². The quantitative estimate of drug-likeness (QED) is 0.803. The van der Waals surface area contributed by atoms with Gasteiger partial charge in [0.05, 0.1) is 5.69 Å². The number of hydrogen-bond acceptors (Lipinski definition) is 5. The van der Waals surface area contributed by atoms with Gasteiger partial charge in [-0.3, -0.25) is 0 Å². The maximum absolute atomic E-state index is 13.6. The van der Waals surface area contributed by atoms with E-state index in [0.717, 1.165) is 0 Å². The molecule has 0 saturated heterocycles. The lowest BCUT2D eigenvalue weighted by Crippen LogP contribution is -2.07. The molecule has 1 aromatic carbocycles. The van der Waals surface area contributed by atoms with Crippen LogP contribution in [0.1, 0.15) is 0 Å². The second kappa shape index (κ2) is 5.22. The third-order valence-corrected chi connectivity index (χ3v) is 2.59. The minimum absolute atomic E-state index is 0.00987. The first kappa shape index (κ1) is 12.5. The molecule has 2 heterocycles. The molecule has 0 aliphatic heterocycles. The Balaban J connectivity index is 1.97. The smallest absolute Gasteiger partial charge is 0.256 e. The normalized spacial score (nSPS) is 10.5. The highest BCUT2D eigenvalue weighted by Crippen LogP contribution is 2.18. The van der Waals surface area contributed by atoms with Crippen LogP contribution in [0, 0.1) is 5.82 Å². The van der Waals surface area contributed by atoms with Crippen molar-refractivity contribution in [2.45, 2.75) is 0 Å². The molecule has 6 nitrogen and oxygen atoms in total. The number of hydrogen-bond donors (Lipinski definition) is 1. The van der Waals surface area contributed by atoms with Gasteiger partial charge >= 0.3 is 0 Å². The summed E-state index contributed by atoms with van der Waals surface area (Å²) >= 11 is 5.84. The first-order chi connectivity index (χ1) is 9.72. The van der Waals surface area contributed by atoms with Crippen molar-refractivity contribution >= 4 is 23.2 Å². The summed E-state index contributed by atoms with van der Waals surface area (Å²) in [5.74, 6) is -0.0286. The Labute approximate surface area is 118 Å². The van der Waals surface area contributed by atoms with Crippen molar-refractivity contribution in [3.63, 3.8) is 0 Å². The average molecular weight is 291 g/mol. The van der Waals surface area contributed by atoms with Gasteiger partial charge < -0.3 is 5.32 Å². The van der Waals surface area contributed by atoms with Crippen LogP contribution >= 0.6 is 11.6 Å². The van der Waals surface area contributed by atoms with E-state index in [4.69, 9.17) is 11.6 Å². The summed E-state index contributed by atoms with van der Waals surface area (Å²) in [6, 6.07) is 7.92. The van der Waals surface area contributed by atoms with Crippen LogP contribution in [-0.2, 0) is 0 Å². The van der Waals surface area contributed by atoms with Gasteiger partial charge in [-0.25, -0.2) is 9.07 Å². The highest BCUT2D eigenvalue weighted by molar-refractivity contribution is 6.28. The Morgan fingerprint density at radius 3 is 2.70 bits per heavy atom. The lowest BCUT2D eigenvalue weighted by molar-refractivity contribution is 0.631. The minimum Gasteiger partial charge on any atom is -0.321 e. The zero-order valence-electron chi connectivity index (χ0n) is 10.0. The standard InChI is InChI=1S/C12H8ClFN6/c13-10-17-11(16-9-5-2-1-4-8(9)14)19-12(18-10)20-7-3-6-15-20/h1-7H,(H,16,17,18,19).